The molecule has 0 aliphatic rings. The van der Waals surface area contributed by atoms with E-state index < -0.39 is 0 Å². The van der Waals surface area contributed by atoms with Gasteiger partial charge in [0.15, 0.2) is 0 Å². The first-order valence-corrected chi connectivity index (χ1v) is 5.91. The smallest absolute Gasteiger partial charge is 0.248 e. The van der Waals surface area contributed by atoms with Gasteiger partial charge in [-0.15, -0.1) is 0 Å². The number of hydrogen-bond acceptors (Lipinski definition) is 2. The lowest BCUT2D eigenvalue weighted by Crippen LogP contribution is -2.07. The molecule has 0 fully saturated rings. The number of anilines is 1. The molecule has 0 aliphatic heterocycles. The van der Waals surface area contributed by atoms with Crippen LogP contribution in [0.4, 0.5) is 5.69 Å². The lowest BCUT2D eigenvalue weighted by Gasteiger charge is -2.08. The van der Waals surface area contributed by atoms with Crippen LogP contribution in [0.25, 0.3) is 0 Å². The van der Waals surface area contributed by atoms with Crippen LogP contribution < -0.4 is 10.1 Å². The summed E-state index contributed by atoms with van der Waals surface area (Å²) in [7, 11) is 0. The van der Waals surface area contributed by atoms with Crippen molar-refractivity contribution in [3.63, 3.8) is 0 Å². The molecule has 0 spiro atoms. The third-order valence-corrected chi connectivity index (χ3v) is 2.27. The molecule has 0 aromatic heterocycles. The van der Waals surface area contributed by atoms with Crippen LogP contribution in [0.15, 0.2) is 30.4 Å². The maximum atomic E-state index is 11.3. The first-order valence-electron chi connectivity index (χ1n) is 5.53. The molecule has 92 valence electrons. The summed E-state index contributed by atoms with van der Waals surface area (Å²) in [6.07, 6.45) is 4.06. The highest BCUT2D eigenvalue weighted by Crippen LogP contribution is 2.27. The fourth-order valence-electron chi connectivity index (χ4n) is 1.24. The van der Waals surface area contributed by atoms with Crippen molar-refractivity contribution in [2.75, 3.05) is 11.9 Å². The summed E-state index contributed by atoms with van der Waals surface area (Å²) in [5, 5.41) is 3.20. The lowest BCUT2D eigenvalue weighted by molar-refractivity contribution is -0.111. The minimum atomic E-state index is -0.175. The molecule has 1 rings (SSSR count). The Morgan fingerprint density at radius 2 is 2.29 bits per heavy atom. The maximum Gasteiger partial charge on any atom is 0.248 e. The molecule has 0 bridgehead atoms. The Bertz CT molecular complexity index is 416. The average molecular weight is 254 g/mol. The van der Waals surface area contributed by atoms with Crippen molar-refractivity contribution in [1.29, 1.82) is 0 Å². The summed E-state index contributed by atoms with van der Waals surface area (Å²) in [6, 6.07) is 5.19. The van der Waals surface area contributed by atoms with Crippen molar-refractivity contribution in [2.45, 2.75) is 20.3 Å². The number of carbonyl (C=O) groups excluding carboxylic acids is 1. The van der Waals surface area contributed by atoms with E-state index in [0.717, 1.165) is 6.42 Å². The Labute approximate surface area is 106 Å². The first kappa shape index (κ1) is 13.6. The summed E-state index contributed by atoms with van der Waals surface area (Å²) in [5.74, 6) is 0.461. The molecule has 0 saturated heterocycles. The minimum Gasteiger partial charge on any atom is -0.492 e. The van der Waals surface area contributed by atoms with Gasteiger partial charge in [0.2, 0.25) is 5.91 Å². The predicted octanol–water partition coefficient (Wildman–Crippen LogP) is 3.64. The van der Waals surface area contributed by atoms with Gasteiger partial charge in [-0.25, -0.2) is 0 Å². The molecule has 3 nitrogen and oxygen atoms in total. The van der Waals surface area contributed by atoms with Gasteiger partial charge in [0, 0.05) is 5.69 Å². The van der Waals surface area contributed by atoms with Crippen LogP contribution in [0.5, 0.6) is 5.75 Å². The van der Waals surface area contributed by atoms with Crippen LogP contribution in [0.1, 0.15) is 20.3 Å². The van der Waals surface area contributed by atoms with Crippen molar-refractivity contribution in [3.8, 4) is 5.75 Å². The number of carbonyl (C=O) groups is 1. The van der Waals surface area contributed by atoms with Crippen molar-refractivity contribution in [1.82, 2.24) is 0 Å². The van der Waals surface area contributed by atoms with Crippen molar-refractivity contribution in [2.24, 2.45) is 0 Å². The second-order valence-electron chi connectivity index (χ2n) is 3.48. The number of ether oxygens (including phenoxy) is 1. The van der Waals surface area contributed by atoms with E-state index >= 15 is 0 Å². The molecule has 1 aromatic rings. The van der Waals surface area contributed by atoms with Crippen LogP contribution in [0.3, 0.4) is 0 Å². The zero-order chi connectivity index (χ0) is 12.7. The minimum absolute atomic E-state index is 0.175. The zero-order valence-corrected chi connectivity index (χ0v) is 10.8. The molecular formula is C13H16ClNO2. The van der Waals surface area contributed by atoms with Gasteiger partial charge in [0.05, 0.1) is 11.6 Å². The highest BCUT2D eigenvalue weighted by molar-refractivity contribution is 6.32. The Morgan fingerprint density at radius 1 is 1.53 bits per heavy atom. The third kappa shape index (κ3) is 4.49. The van der Waals surface area contributed by atoms with Crippen LogP contribution in [0, 0.1) is 0 Å². The van der Waals surface area contributed by atoms with Crippen LogP contribution >= 0.6 is 11.6 Å². The molecule has 1 amide bonds. The summed E-state index contributed by atoms with van der Waals surface area (Å²) in [6.45, 7) is 4.44. The standard InChI is InChI=1S/C13H16ClNO2/c1-3-5-13(16)15-10-6-7-12(11(14)9-10)17-8-4-2/h3,5-7,9H,4,8H2,1-2H3,(H,15,16). The second kappa shape index (κ2) is 6.97. The van der Waals surface area contributed by atoms with E-state index in [0.29, 0.717) is 23.1 Å². The van der Waals surface area contributed by atoms with E-state index in [-0.39, 0.29) is 5.91 Å². The van der Waals surface area contributed by atoms with Crippen LogP contribution in [-0.4, -0.2) is 12.5 Å². The number of rotatable bonds is 5. The maximum absolute atomic E-state index is 11.3. The highest BCUT2D eigenvalue weighted by Gasteiger charge is 2.04. The number of hydrogen-bond donors (Lipinski definition) is 1. The van der Waals surface area contributed by atoms with Crippen molar-refractivity contribution < 1.29 is 9.53 Å². The van der Waals surface area contributed by atoms with E-state index in [9.17, 15) is 4.79 Å². The van der Waals surface area contributed by atoms with Crippen LogP contribution in [-0.2, 0) is 4.79 Å². The topological polar surface area (TPSA) is 38.3 Å². The normalized spacial score (nSPS) is 10.5. The van der Waals surface area contributed by atoms with E-state index in [1.807, 2.05) is 6.92 Å². The lowest BCUT2D eigenvalue weighted by atomic mass is 10.3. The largest absolute Gasteiger partial charge is 0.492 e. The third-order valence-electron chi connectivity index (χ3n) is 1.98. The van der Waals surface area contributed by atoms with Gasteiger partial charge >= 0.3 is 0 Å². The summed E-state index contributed by atoms with van der Waals surface area (Å²) >= 11 is 6.03. The second-order valence-corrected chi connectivity index (χ2v) is 3.89. The van der Waals surface area contributed by atoms with Gasteiger partial charge in [0.1, 0.15) is 5.75 Å². The number of nitrogens with one attached hydrogen (secondary N) is 1. The molecule has 1 N–H and O–H groups in total. The Hall–Kier alpha value is -1.48. The number of benzene rings is 1. The molecule has 1 aromatic carbocycles. The number of allylic oxidation sites excluding steroid dienone is 1. The molecule has 0 heterocycles. The van der Waals surface area contributed by atoms with Crippen LogP contribution in [0.2, 0.25) is 5.02 Å². The molecule has 17 heavy (non-hydrogen) atoms. The first-order chi connectivity index (χ1) is 8.17. The van der Waals surface area contributed by atoms with Gasteiger partial charge < -0.3 is 10.1 Å². The zero-order valence-electron chi connectivity index (χ0n) is 10.00. The molecule has 0 unspecified atom stereocenters. The fraction of sp³-hybridized carbons (Fsp3) is 0.308. The molecule has 0 radical (unpaired) electrons. The van der Waals surface area contributed by atoms with E-state index in [4.69, 9.17) is 16.3 Å². The fourth-order valence-corrected chi connectivity index (χ4v) is 1.48. The van der Waals surface area contributed by atoms with Gasteiger partial charge in [-0.3, -0.25) is 4.79 Å². The average Bonchev–Trinajstić information content (AvgIpc) is 2.28. The van der Waals surface area contributed by atoms with E-state index in [1.54, 1.807) is 31.2 Å². The molecule has 0 aliphatic carbocycles. The molecule has 0 saturated carbocycles. The van der Waals surface area contributed by atoms with E-state index in [1.165, 1.54) is 6.08 Å². The van der Waals surface area contributed by atoms with Gasteiger partial charge in [-0.05, 0) is 37.6 Å². The summed E-state index contributed by atoms with van der Waals surface area (Å²) < 4.78 is 5.43. The van der Waals surface area contributed by atoms with Crippen molar-refractivity contribution >= 4 is 23.2 Å². The molecular weight excluding hydrogens is 238 g/mol. The summed E-state index contributed by atoms with van der Waals surface area (Å²) in [4.78, 5) is 11.3. The number of amides is 1. The predicted molar refractivity (Wildman–Crippen MR) is 70.7 cm³/mol. The highest BCUT2D eigenvalue weighted by atomic mass is 35.5. The SMILES string of the molecule is CC=CC(=O)Nc1ccc(OCCC)c(Cl)c1. The van der Waals surface area contributed by atoms with E-state index in [2.05, 4.69) is 5.32 Å². The Morgan fingerprint density at radius 3 is 2.88 bits per heavy atom. The van der Waals surface area contributed by atoms with Crippen molar-refractivity contribution in [3.05, 3.63) is 35.4 Å². The Kier molecular flexibility index (Phi) is 5.57. The summed E-state index contributed by atoms with van der Waals surface area (Å²) in [5.41, 5.74) is 0.655. The molecule has 0 atom stereocenters. The monoisotopic (exact) mass is 253 g/mol. The van der Waals surface area contributed by atoms with Gasteiger partial charge in [0.25, 0.3) is 0 Å². The molecule has 4 heteroatoms. The van der Waals surface area contributed by atoms with Gasteiger partial charge in [-0.1, -0.05) is 24.6 Å². The number of halogens is 1. The van der Waals surface area contributed by atoms with Gasteiger partial charge in [-0.2, -0.15) is 0 Å². The Balaban J connectivity index is 2.71. The quantitative estimate of drug-likeness (QED) is 0.814.